The molecule has 2 N–H and O–H groups in total. The predicted octanol–water partition coefficient (Wildman–Crippen LogP) is 7.20. The SMILES string of the molecule is CCOC(=O)c1c(-c2ccc3nsnc3c2)c2cc(NC(=O)Nc3ccccc3)ccc2n1Cc1cc(OC)ccc1OC. The van der Waals surface area contributed by atoms with Crippen molar-refractivity contribution in [3.63, 3.8) is 0 Å². The molecule has 0 spiro atoms. The minimum atomic E-state index is -0.478. The number of carbonyl (C=O) groups is 2. The van der Waals surface area contributed by atoms with Crippen LogP contribution in [0.5, 0.6) is 11.5 Å². The topological polar surface area (TPSA) is 117 Å². The molecule has 0 saturated carbocycles. The number of methoxy groups -OCH3 is 2. The maximum atomic E-state index is 13.8. The lowest BCUT2D eigenvalue weighted by Gasteiger charge is -2.15. The van der Waals surface area contributed by atoms with Gasteiger partial charge in [0.05, 0.1) is 39.1 Å². The molecule has 10 nitrogen and oxygen atoms in total. The second kappa shape index (κ2) is 12.4. The number of benzene rings is 4. The molecule has 11 heteroatoms. The summed E-state index contributed by atoms with van der Waals surface area (Å²) in [5.41, 5.74) is 6.05. The van der Waals surface area contributed by atoms with Crippen molar-refractivity contribution in [3.05, 3.63) is 96.2 Å². The van der Waals surface area contributed by atoms with Crippen molar-refractivity contribution in [1.82, 2.24) is 13.3 Å². The van der Waals surface area contributed by atoms with E-state index in [1.54, 1.807) is 27.2 Å². The van der Waals surface area contributed by atoms with Gasteiger partial charge in [0.1, 0.15) is 28.2 Å². The molecule has 0 saturated heterocycles. The van der Waals surface area contributed by atoms with E-state index in [9.17, 15) is 9.59 Å². The summed E-state index contributed by atoms with van der Waals surface area (Å²) in [6.07, 6.45) is 0. The van der Waals surface area contributed by atoms with Crippen LogP contribution in [0.25, 0.3) is 33.1 Å². The number of aromatic nitrogens is 3. The van der Waals surface area contributed by atoms with Crippen LogP contribution in [0.3, 0.4) is 0 Å². The number of urea groups is 1. The van der Waals surface area contributed by atoms with Crippen LogP contribution in [0.2, 0.25) is 0 Å². The molecule has 0 atom stereocenters. The Bertz CT molecular complexity index is 1990. The first-order chi connectivity index (χ1) is 21.5. The number of nitrogens with one attached hydrogen (secondary N) is 2. The van der Waals surface area contributed by atoms with Crippen molar-refractivity contribution < 1.29 is 23.8 Å². The number of ether oxygens (including phenoxy) is 3. The van der Waals surface area contributed by atoms with Crippen LogP contribution in [0.15, 0.2) is 84.9 Å². The Balaban J connectivity index is 1.54. The minimum absolute atomic E-state index is 0.198. The van der Waals surface area contributed by atoms with E-state index in [0.717, 1.165) is 39.3 Å². The van der Waals surface area contributed by atoms with E-state index >= 15 is 0 Å². The third-order valence-electron chi connectivity index (χ3n) is 7.18. The maximum absolute atomic E-state index is 13.8. The van der Waals surface area contributed by atoms with Gasteiger partial charge in [0, 0.05) is 33.4 Å². The highest BCUT2D eigenvalue weighted by molar-refractivity contribution is 7.00. The van der Waals surface area contributed by atoms with Gasteiger partial charge < -0.3 is 29.4 Å². The molecular formula is C33H29N5O5S. The highest BCUT2D eigenvalue weighted by Gasteiger charge is 2.27. The Labute approximate surface area is 257 Å². The largest absolute Gasteiger partial charge is 0.497 e. The van der Waals surface area contributed by atoms with Crippen LogP contribution in [0, 0.1) is 0 Å². The number of rotatable bonds is 9. The molecule has 0 aliphatic heterocycles. The van der Waals surface area contributed by atoms with E-state index < -0.39 is 12.0 Å². The van der Waals surface area contributed by atoms with E-state index in [1.807, 2.05) is 83.4 Å². The predicted molar refractivity (Wildman–Crippen MR) is 172 cm³/mol. The van der Waals surface area contributed by atoms with Crippen LogP contribution in [-0.2, 0) is 11.3 Å². The molecule has 6 rings (SSSR count). The van der Waals surface area contributed by atoms with Crippen molar-refractivity contribution in [2.75, 3.05) is 31.5 Å². The Kier molecular flexibility index (Phi) is 8.11. The summed E-state index contributed by atoms with van der Waals surface area (Å²) in [6, 6.07) is 25.6. The number of esters is 1. The van der Waals surface area contributed by atoms with Gasteiger partial charge >= 0.3 is 12.0 Å². The molecule has 0 unspecified atom stereocenters. The molecule has 222 valence electrons. The molecule has 4 aromatic carbocycles. The van der Waals surface area contributed by atoms with Crippen LogP contribution in [0.1, 0.15) is 23.0 Å². The fourth-order valence-corrected chi connectivity index (χ4v) is 5.75. The van der Waals surface area contributed by atoms with Crippen molar-refractivity contribution >= 4 is 57.0 Å². The van der Waals surface area contributed by atoms with Gasteiger partial charge in [0.25, 0.3) is 0 Å². The van der Waals surface area contributed by atoms with Gasteiger partial charge in [-0.3, -0.25) is 0 Å². The summed E-state index contributed by atoms with van der Waals surface area (Å²) in [5, 5.41) is 6.51. The molecule has 6 aromatic rings. The van der Waals surface area contributed by atoms with Crippen molar-refractivity contribution in [3.8, 4) is 22.6 Å². The molecule has 2 amide bonds. The number of fused-ring (bicyclic) bond motifs is 2. The second-order valence-electron chi connectivity index (χ2n) is 9.85. The van der Waals surface area contributed by atoms with Gasteiger partial charge in [-0.05, 0) is 73.2 Å². The van der Waals surface area contributed by atoms with E-state index in [0.29, 0.717) is 39.6 Å². The molecule has 0 aliphatic rings. The Morgan fingerprint density at radius 2 is 1.64 bits per heavy atom. The standard InChI is InChI=1S/C33H29N5O5S/c1-4-43-32(39)31-30(20-10-13-26-27(17-20)37-44-36-26)25-18-23(35-33(40)34-22-8-6-5-7-9-22)11-14-28(25)38(31)19-21-16-24(41-2)12-15-29(21)42-3/h5-18H,4,19H2,1-3H3,(H2,34,35,40). The maximum Gasteiger partial charge on any atom is 0.355 e. The van der Waals surface area contributed by atoms with Crippen molar-refractivity contribution in [1.29, 1.82) is 0 Å². The van der Waals surface area contributed by atoms with E-state index in [1.165, 1.54) is 0 Å². The molecule has 0 bridgehead atoms. The Hall–Kier alpha value is -5.42. The second-order valence-corrected chi connectivity index (χ2v) is 10.4. The molecule has 44 heavy (non-hydrogen) atoms. The first-order valence-electron chi connectivity index (χ1n) is 13.9. The van der Waals surface area contributed by atoms with Crippen molar-refractivity contribution in [2.45, 2.75) is 13.5 Å². The van der Waals surface area contributed by atoms with Gasteiger partial charge in [-0.1, -0.05) is 24.3 Å². The van der Waals surface area contributed by atoms with Gasteiger partial charge in [0.2, 0.25) is 0 Å². The Morgan fingerprint density at radius 3 is 2.41 bits per heavy atom. The van der Waals surface area contributed by atoms with Crippen LogP contribution < -0.4 is 20.1 Å². The van der Waals surface area contributed by atoms with Crippen molar-refractivity contribution in [2.24, 2.45) is 0 Å². The lowest BCUT2D eigenvalue weighted by Crippen LogP contribution is -2.19. The number of hydrogen-bond donors (Lipinski definition) is 2. The fourth-order valence-electron chi connectivity index (χ4n) is 5.23. The highest BCUT2D eigenvalue weighted by atomic mass is 32.1. The third kappa shape index (κ3) is 5.64. The zero-order valence-electron chi connectivity index (χ0n) is 24.3. The monoisotopic (exact) mass is 607 g/mol. The summed E-state index contributed by atoms with van der Waals surface area (Å²) in [7, 11) is 3.21. The fraction of sp³-hybridized carbons (Fsp3) is 0.152. The number of amides is 2. The van der Waals surface area contributed by atoms with Crippen LogP contribution in [0.4, 0.5) is 16.2 Å². The first kappa shape index (κ1) is 28.7. The number of carbonyl (C=O) groups excluding carboxylic acids is 2. The smallest absolute Gasteiger partial charge is 0.355 e. The minimum Gasteiger partial charge on any atom is -0.497 e. The number of para-hydroxylation sites is 1. The number of anilines is 2. The summed E-state index contributed by atoms with van der Waals surface area (Å²) in [4.78, 5) is 26.7. The molecule has 0 radical (unpaired) electrons. The Morgan fingerprint density at radius 1 is 0.841 bits per heavy atom. The van der Waals surface area contributed by atoms with Gasteiger partial charge in [-0.15, -0.1) is 0 Å². The van der Waals surface area contributed by atoms with E-state index in [-0.39, 0.29) is 13.2 Å². The average Bonchev–Trinajstić information content (AvgIpc) is 3.63. The summed E-state index contributed by atoms with van der Waals surface area (Å²) in [5.74, 6) is 0.829. The van der Waals surface area contributed by atoms with E-state index in [4.69, 9.17) is 14.2 Å². The number of nitrogens with zero attached hydrogens (tertiary/aromatic N) is 3. The van der Waals surface area contributed by atoms with Gasteiger partial charge in [-0.2, -0.15) is 8.75 Å². The molecule has 0 aliphatic carbocycles. The van der Waals surface area contributed by atoms with Crippen LogP contribution in [-0.4, -0.2) is 46.1 Å². The zero-order chi connectivity index (χ0) is 30.6. The lowest BCUT2D eigenvalue weighted by molar-refractivity contribution is 0.0516. The van der Waals surface area contributed by atoms with E-state index in [2.05, 4.69) is 19.4 Å². The third-order valence-corrected chi connectivity index (χ3v) is 7.74. The normalized spacial score (nSPS) is 11.0. The zero-order valence-corrected chi connectivity index (χ0v) is 25.1. The molecular weight excluding hydrogens is 578 g/mol. The summed E-state index contributed by atoms with van der Waals surface area (Å²) in [6.45, 7) is 2.26. The quantitative estimate of drug-likeness (QED) is 0.167. The number of hydrogen-bond acceptors (Lipinski definition) is 8. The van der Waals surface area contributed by atoms with Gasteiger partial charge in [0.15, 0.2) is 0 Å². The average molecular weight is 608 g/mol. The molecule has 0 fully saturated rings. The summed E-state index contributed by atoms with van der Waals surface area (Å²) >= 11 is 1.13. The molecule has 2 aromatic heterocycles. The van der Waals surface area contributed by atoms with Gasteiger partial charge in [-0.25, -0.2) is 9.59 Å². The molecule has 2 heterocycles. The highest BCUT2D eigenvalue weighted by Crippen LogP contribution is 2.39. The summed E-state index contributed by atoms with van der Waals surface area (Å²) < 4.78 is 27.4. The lowest BCUT2D eigenvalue weighted by atomic mass is 10.0. The van der Waals surface area contributed by atoms with Crippen LogP contribution >= 0.6 is 11.7 Å². The first-order valence-corrected chi connectivity index (χ1v) is 14.6.